The van der Waals surface area contributed by atoms with E-state index in [1.54, 1.807) is 12.2 Å². The number of anilines is 1. The number of hydrogen-bond donors (Lipinski definition) is 3. The van der Waals surface area contributed by atoms with E-state index >= 15 is 0 Å². The predicted molar refractivity (Wildman–Crippen MR) is 132 cm³/mol. The molecule has 0 saturated carbocycles. The van der Waals surface area contributed by atoms with Crippen LogP contribution in [-0.4, -0.2) is 45.3 Å². The van der Waals surface area contributed by atoms with Gasteiger partial charge in [0.15, 0.2) is 0 Å². The third-order valence-corrected chi connectivity index (χ3v) is 5.23. The summed E-state index contributed by atoms with van der Waals surface area (Å²) in [6, 6.07) is 3.78. The molecular weight excluding hydrogens is 417 g/mol. The van der Waals surface area contributed by atoms with Crippen LogP contribution in [0.4, 0.5) is 10.2 Å². The average molecular weight is 450 g/mol. The van der Waals surface area contributed by atoms with Crippen LogP contribution in [0.25, 0.3) is 6.08 Å². The van der Waals surface area contributed by atoms with Crippen LogP contribution in [0.5, 0.6) is 0 Å². The monoisotopic (exact) mass is 449 g/mol. The first-order valence-corrected chi connectivity index (χ1v) is 10.8. The molecular formula is C26H32FN5O. The molecule has 0 aliphatic carbocycles. The largest absolute Gasteiger partial charge is 0.396 e. The molecule has 0 radical (unpaired) electrons. The van der Waals surface area contributed by atoms with Crippen molar-refractivity contribution in [3.63, 3.8) is 0 Å². The zero-order valence-electron chi connectivity index (χ0n) is 19.5. The number of nitrogens with zero attached hydrogens (tertiary/aromatic N) is 3. The van der Waals surface area contributed by atoms with Crippen LogP contribution in [0.15, 0.2) is 54.7 Å². The molecule has 1 atom stereocenters. The minimum Gasteiger partial charge on any atom is -0.396 e. The van der Waals surface area contributed by atoms with Gasteiger partial charge < -0.3 is 10.4 Å². The Labute approximate surface area is 195 Å². The number of halogens is 1. The fourth-order valence-corrected chi connectivity index (χ4v) is 3.16. The highest BCUT2D eigenvalue weighted by atomic mass is 19.1. The van der Waals surface area contributed by atoms with E-state index in [-0.39, 0.29) is 17.9 Å². The topological polar surface area (TPSA) is 86.7 Å². The fourth-order valence-electron chi connectivity index (χ4n) is 3.16. The summed E-state index contributed by atoms with van der Waals surface area (Å²) in [5.74, 6) is 3.20. The van der Waals surface area contributed by atoms with Gasteiger partial charge in [-0.15, -0.1) is 11.5 Å². The molecule has 6 nitrogen and oxygen atoms in total. The van der Waals surface area contributed by atoms with Gasteiger partial charge in [-0.25, -0.2) is 4.39 Å². The molecule has 7 heteroatoms. The van der Waals surface area contributed by atoms with Crippen LogP contribution >= 0.6 is 0 Å². The Bertz CT molecular complexity index is 1040. The van der Waals surface area contributed by atoms with Crippen LogP contribution in [0, 0.1) is 17.8 Å². The first kappa shape index (κ1) is 25.8. The molecule has 2 rings (SSSR count). The quantitative estimate of drug-likeness (QED) is 0.325. The summed E-state index contributed by atoms with van der Waals surface area (Å²) < 4.78 is 12.5. The Kier molecular flexibility index (Phi) is 9.77. The first-order chi connectivity index (χ1) is 15.9. The van der Waals surface area contributed by atoms with Crippen molar-refractivity contribution >= 4 is 11.9 Å². The van der Waals surface area contributed by atoms with Crippen molar-refractivity contribution in [3.8, 4) is 12.3 Å². The molecule has 0 amide bonds. The second-order valence-corrected chi connectivity index (χ2v) is 8.29. The molecule has 0 aliphatic rings. The van der Waals surface area contributed by atoms with E-state index in [1.807, 2.05) is 37.3 Å². The van der Waals surface area contributed by atoms with Gasteiger partial charge >= 0.3 is 0 Å². The second kappa shape index (κ2) is 12.5. The highest BCUT2D eigenvalue weighted by Gasteiger charge is 2.21. The SMILES string of the molecule is C#Cc1c(/C=C\Cc2ccc(NCC(C)(C)C(/C=C\CF)=C/C=C)nn2)n[nH]c1C(C)CO. The summed E-state index contributed by atoms with van der Waals surface area (Å²) in [6.07, 6.45) is 16.8. The summed E-state index contributed by atoms with van der Waals surface area (Å²) in [5, 5.41) is 28.3. The molecule has 0 bridgehead atoms. The smallest absolute Gasteiger partial charge is 0.148 e. The predicted octanol–water partition coefficient (Wildman–Crippen LogP) is 4.61. The number of aliphatic hydroxyl groups is 1. The van der Waals surface area contributed by atoms with E-state index in [1.165, 1.54) is 6.08 Å². The molecule has 2 aromatic heterocycles. The fraction of sp³-hybridized carbons (Fsp3) is 0.346. The molecule has 0 spiro atoms. The number of aliphatic hydroxyl groups excluding tert-OH is 1. The summed E-state index contributed by atoms with van der Waals surface area (Å²) in [6.45, 7) is 9.83. The van der Waals surface area contributed by atoms with Gasteiger partial charge in [-0.05, 0) is 23.8 Å². The van der Waals surface area contributed by atoms with Gasteiger partial charge in [-0.1, -0.05) is 63.7 Å². The van der Waals surface area contributed by atoms with Crippen molar-refractivity contribution in [1.29, 1.82) is 0 Å². The first-order valence-electron chi connectivity index (χ1n) is 10.8. The highest BCUT2D eigenvalue weighted by molar-refractivity contribution is 5.57. The van der Waals surface area contributed by atoms with Crippen LogP contribution < -0.4 is 5.32 Å². The third kappa shape index (κ3) is 7.26. The van der Waals surface area contributed by atoms with Gasteiger partial charge in [0.1, 0.15) is 18.2 Å². The molecule has 33 heavy (non-hydrogen) atoms. The molecule has 0 aliphatic heterocycles. The van der Waals surface area contributed by atoms with Crippen molar-refractivity contribution in [3.05, 3.63) is 77.3 Å². The Morgan fingerprint density at radius 2 is 2.15 bits per heavy atom. The molecule has 3 N–H and O–H groups in total. The van der Waals surface area contributed by atoms with Crippen molar-refractivity contribution in [2.75, 3.05) is 25.1 Å². The maximum absolute atomic E-state index is 12.5. The summed E-state index contributed by atoms with van der Waals surface area (Å²) in [7, 11) is 0. The average Bonchev–Trinajstić information content (AvgIpc) is 3.23. The van der Waals surface area contributed by atoms with Gasteiger partial charge in [0, 0.05) is 24.3 Å². The van der Waals surface area contributed by atoms with Crippen molar-refractivity contribution < 1.29 is 9.50 Å². The van der Waals surface area contributed by atoms with Gasteiger partial charge in [-0.3, -0.25) is 5.10 Å². The normalized spacial score (nSPS) is 13.4. The summed E-state index contributed by atoms with van der Waals surface area (Å²) >= 11 is 0. The number of rotatable bonds is 12. The molecule has 0 fully saturated rings. The minimum atomic E-state index is -0.507. The number of alkyl halides is 1. The van der Waals surface area contributed by atoms with Crippen molar-refractivity contribution in [1.82, 2.24) is 20.4 Å². The third-order valence-electron chi connectivity index (χ3n) is 5.23. The van der Waals surface area contributed by atoms with E-state index in [0.29, 0.717) is 30.0 Å². The zero-order valence-corrected chi connectivity index (χ0v) is 19.5. The molecule has 2 heterocycles. The number of allylic oxidation sites excluding steroid dienone is 5. The number of nitrogens with one attached hydrogen (secondary N) is 2. The lowest BCUT2D eigenvalue weighted by molar-refractivity contribution is 0.271. The summed E-state index contributed by atoms with van der Waals surface area (Å²) in [5.41, 5.74) is 3.59. The number of aromatic nitrogens is 4. The van der Waals surface area contributed by atoms with E-state index in [9.17, 15) is 9.50 Å². The lowest BCUT2D eigenvalue weighted by atomic mass is 9.83. The Balaban J connectivity index is 1.99. The van der Waals surface area contributed by atoms with Gasteiger partial charge in [0.2, 0.25) is 0 Å². The molecule has 0 saturated heterocycles. The Morgan fingerprint density at radius 3 is 2.76 bits per heavy atom. The van der Waals surface area contributed by atoms with E-state index in [0.717, 1.165) is 17.0 Å². The molecule has 0 aromatic carbocycles. The van der Waals surface area contributed by atoms with E-state index < -0.39 is 6.67 Å². The molecule has 2 aromatic rings. The summed E-state index contributed by atoms with van der Waals surface area (Å²) in [4.78, 5) is 0. The Hall–Kier alpha value is -3.50. The van der Waals surface area contributed by atoms with Crippen LogP contribution in [0.1, 0.15) is 49.3 Å². The number of hydrogen-bond acceptors (Lipinski definition) is 5. The van der Waals surface area contributed by atoms with Crippen LogP contribution in [0.2, 0.25) is 0 Å². The molecule has 174 valence electrons. The molecule has 1 unspecified atom stereocenters. The van der Waals surface area contributed by atoms with Gasteiger partial charge in [0.25, 0.3) is 0 Å². The van der Waals surface area contributed by atoms with Gasteiger partial charge in [-0.2, -0.15) is 10.2 Å². The van der Waals surface area contributed by atoms with Crippen LogP contribution in [0.3, 0.4) is 0 Å². The lowest BCUT2D eigenvalue weighted by Crippen LogP contribution is -2.25. The second-order valence-electron chi connectivity index (χ2n) is 8.29. The highest BCUT2D eigenvalue weighted by Crippen LogP contribution is 2.28. The van der Waals surface area contributed by atoms with Crippen molar-refractivity contribution in [2.45, 2.75) is 33.1 Å². The Morgan fingerprint density at radius 1 is 1.36 bits per heavy atom. The number of terminal acetylenes is 1. The van der Waals surface area contributed by atoms with E-state index in [4.69, 9.17) is 6.42 Å². The van der Waals surface area contributed by atoms with Gasteiger partial charge in [0.05, 0.1) is 23.6 Å². The van der Waals surface area contributed by atoms with Crippen molar-refractivity contribution in [2.24, 2.45) is 5.41 Å². The van der Waals surface area contributed by atoms with E-state index in [2.05, 4.69) is 52.1 Å². The van der Waals surface area contributed by atoms with Crippen LogP contribution in [-0.2, 0) is 6.42 Å². The lowest BCUT2D eigenvalue weighted by Gasteiger charge is -2.27. The minimum absolute atomic E-state index is 0.00659. The maximum Gasteiger partial charge on any atom is 0.148 e. The maximum atomic E-state index is 12.5. The number of H-pyrrole nitrogens is 1. The zero-order chi connectivity index (χ0) is 24.3. The standard InChI is InChI=1S/C26H32FN5O/c1-6-10-20(11-9-16-27)26(4,5)18-28-24-15-14-21(29-31-24)12-8-13-23-22(7-2)25(32-30-23)19(3)17-33/h2,6,8-11,13-15,19,33H,1,12,16-18H2,3-5H3,(H,28,31)(H,30,32)/b11-9-,13-8-,20-10+. The number of aromatic amines is 1.